The van der Waals surface area contributed by atoms with Crippen LogP contribution >= 0.6 is 11.8 Å². The van der Waals surface area contributed by atoms with Crippen LogP contribution in [0.25, 0.3) is 0 Å². The number of rotatable bonds is 7. The number of thioether (sulfide) groups is 1. The lowest BCUT2D eigenvalue weighted by Gasteiger charge is -2.27. The number of aryl methyl sites for hydroxylation is 1. The number of imide groups is 1. The first-order valence-electron chi connectivity index (χ1n) is 9.14. The highest BCUT2D eigenvalue weighted by Gasteiger charge is 2.20. The molecule has 4 nitrogen and oxygen atoms in total. The van der Waals surface area contributed by atoms with E-state index in [0.29, 0.717) is 24.2 Å². The smallest absolute Gasteiger partial charge is 0.213 e. The summed E-state index contributed by atoms with van der Waals surface area (Å²) in [5.74, 6) is 1.09. The van der Waals surface area contributed by atoms with Crippen molar-refractivity contribution in [2.45, 2.75) is 44.0 Å². The molecular formula is C22H27NO3S. The SMILES string of the molecule is CSC(C)Cc1ccc2c(c1)CCC(Cc1ccccc1)O2.O=CNC=O. The summed E-state index contributed by atoms with van der Waals surface area (Å²) in [5.41, 5.74) is 4.18. The summed E-state index contributed by atoms with van der Waals surface area (Å²) >= 11 is 1.93. The van der Waals surface area contributed by atoms with Crippen LogP contribution in [-0.4, -0.2) is 30.4 Å². The van der Waals surface area contributed by atoms with E-state index in [1.807, 2.05) is 11.8 Å². The number of nitrogens with one attached hydrogen (secondary N) is 1. The molecule has 0 spiro atoms. The molecule has 3 rings (SSSR count). The number of amides is 2. The average molecular weight is 386 g/mol. The summed E-state index contributed by atoms with van der Waals surface area (Å²) in [4.78, 5) is 18.1. The predicted molar refractivity (Wildman–Crippen MR) is 111 cm³/mol. The number of hydrogen-bond acceptors (Lipinski definition) is 4. The lowest BCUT2D eigenvalue weighted by molar-refractivity contribution is -0.117. The zero-order valence-corrected chi connectivity index (χ0v) is 16.7. The van der Waals surface area contributed by atoms with Crippen LogP contribution in [0.3, 0.4) is 0 Å². The molecule has 0 aliphatic carbocycles. The van der Waals surface area contributed by atoms with Gasteiger partial charge < -0.3 is 10.1 Å². The third-order valence-corrected chi connectivity index (χ3v) is 5.49. The maximum Gasteiger partial charge on any atom is 0.213 e. The average Bonchev–Trinajstić information content (AvgIpc) is 2.70. The van der Waals surface area contributed by atoms with Crippen LogP contribution in [0.1, 0.15) is 30.0 Å². The molecule has 0 saturated heterocycles. The minimum Gasteiger partial charge on any atom is -0.490 e. The van der Waals surface area contributed by atoms with Crippen molar-refractivity contribution in [3.63, 3.8) is 0 Å². The van der Waals surface area contributed by atoms with E-state index in [2.05, 4.69) is 61.7 Å². The Kier molecular flexibility index (Phi) is 8.92. The van der Waals surface area contributed by atoms with Gasteiger partial charge in [0.2, 0.25) is 12.8 Å². The molecule has 2 aromatic rings. The fraction of sp³-hybridized carbons (Fsp3) is 0.364. The van der Waals surface area contributed by atoms with Gasteiger partial charge in [0.05, 0.1) is 0 Å². The molecule has 5 heteroatoms. The number of benzene rings is 2. The van der Waals surface area contributed by atoms with Gasteiger partial charge in [-0.1, -0.05) is 49.4 Å². The molecule has 1 aliphatic heterocycles. The maximum absolute atomic E-state index is 9.06. The number of carbonyl (C=O) groups excluding carboxylic acids is 2. The zero-order chi connectivity index (χ0) is 19.5. The van der Waals surface area contributed by atoms with Crippen molar-refractivity contribution >= 4 is 24.6 Å². The Morgan fingerprint density at radius 2 is 1.89 bits per heavy atom. The van der Waals surface area contributed by atoms with Gasteiger partial charge in [-0.05, 0) is 48.3 Å². The summed E-state index contributed by atoms with van der Waals surface area (Å²) in [7, 11) is 0. The highest BCUT2D eigenvalue weighted by molar-refractivity contribution is 7.99. The van der Waals surface area contributed by atoms with Gasteiger partial charge in [-0.2, -0.15) is 11.8 Å². The van der Waals surface area contributed by atoms with E-state index in [9.17, 15) is 0 Å². The number of carbonyl (C=O) groups is 2. The lowest BCUT2D eigenvalue weighted by atomic mass is 9.95. The molecule has 2 atom stereocenters. The van der Waals surface area contributed by atoms with E-state index in [1.165, 1.54) is 16.7 Å². The molecule has 0 fully saturated rings. The topological polar surface area (TPSA) is 55.4 Å². The van der Waals surface area contributed by atoms with Gasteiger partial charge in [-0.3, -0.25) is 9.59 Å². The lowest BCUT2D eigenvalue weighted by Crippen LogP contribution is -2.25. The van der Waals surface area contributed by atoms with Crippen LogP contribution in [-0.2, 0) is 28.9 Å². The molecule has 2 aromatic carbocycles. The largest absolute Gasteiger partial charge is 0.490 e. The normalized spacial score (nSPS) is 16.0. The van der Waals surface area contributed by atoms with Gasteiger partial charge in [0.15, 0.2) is 0 Å². The van der Waals surface area contributed by atoms with Crippen molar-refractivity contribution in [3.8, 4) is 5.75 Å². The van der Waals surface area contributed by atoms with Crippen molar-refractivity contribution in [2.24, 2.45) is 0 Å². The summed E-state index contributed by atoms with van der Waals surface area (Å²) in [5, 5.41) is 2.42. The fourth-order valence-corrected chi connectivity index (χ4v) is 3.45. The Balaban J connectivity index is 0.000000465. The molecule has 1 heterocycles. The van der Waals surface area contributed by atoms with Gasteiger partial charge in [0.25, 0.3) is 0 Å². The van der Waals surface area contributed by atoms with Crippen LogP contribution in [0, 0.1) is 0 Å². The molecule has 2 unspecified atom stereocenters. The second kappa shape index (κ2) is 11.4. The highest BCUT2D eigenvalue weighted by atomic mass is 32.2. The van der Waals surface area contributed by atoms with Crippen molar-refractivity contribution in [2.75, 3.05) is 6.26 Å². The van der Waals surface area contributed by atoms with Crippen molar-refractivity contribution < 1.29 is 14.3 Å². The number of hydrogen-bond donors (Lipinski definition) is 1. The van der Waals surface area contributed by atoms with E-state index in [4.69, 9.17) is 14.3 Å². The summed E-state index contributed by atoms with van der Waals surface area (Å²) < 4.78 is 6.22. The first-order chi connectivity index (χ1) is 13.2. The van der Waals surface area contributed by atoms with E-state index < -0.39 is 0 Å². The van der Waals surface area contributed by atoms with Gasteiger partial charge in [0, 0.05) is 11.7 Å². The summed E-state index contributed by atoms with van der Waals surface area (Å²) in [6.07, 6.45) is 7.51. The number of ether oxygens (including phenoxy) is 1. The van der Waals surface area contributed by atoms with Crippen LogP contribution in [0.15, 0.2) is 48.5 Å². The van der Waals surface area contributed by atoms with Crippen LogP contribution in [0.5, 0.6) is 5.75 Å². The standard InChI is InChI=1S/C20H24OS.C2H3NO2/c1-15(22-2)12-17-8-11-20-18(13-17)9-10-19(21-20)14-16-6-4-3-5-7-16;4-1-3-2-5/h3-8,11,13,15,19H,9-10,12,14H2,1-2H3;1-2H,(H,3,4,5). The monoisotopic (exact) mass is 385 g/mol. The van der Waals surface area contributed by atoms with Gasteiger partial charge in [-0.15, -0.1) is 0 Å². The Morgan fingerprint density at radius 1 is 1.15 bits per heavy atom. The number of fused-ring (bicyclic) bond motifs is 1. The van der Waals surface area contributed by atoms with Crippen molar-refractivity contribution in [1.29, 1.82) is 0 Å². The van der Waals surface area contributed by atoms with Crippen molar-refractivity contribution in [3.05, 3.63) is 65.2 Å². The second-order valence-corrected chi connectivity index (χ2v) is 7.84. The third kappa shape index (κ3) is 7.10. The Morgan fingerprint density at radius 3 is 2.52 bits per heavy atom. The first-order valence-corrected chi connectivity index (χ1v) is 10.4. The Labute approximate surface area is 165 Å². The van der Waals surface area contributed by atoms with Crippen LogP contribution < -0.4 is 10.1 Å². The molecule has 1 N–H and O–H groups in total. The second-order valence-electron chi connectivity index (χ2n) is 6.56. The molecule has 0 radical (unpaired) electrons. The van der Waals surface area contributed by atoms with Gasteiger partial charge >= 0.3 is 0 Å². The van der Waals surface area contributed by atoms with Crippen LogP contribution in [0.4, 0.5) is 0 Å². The van der Waals surface area contributed by atoms with E-state index >= 15 is 0 Å². The molecule has 0 bridgehead atoms. The Bertz CT molecular complexity index is 715. The fourth-order valence-electron chi connectivity index (χ4n) is 3.09. The summed E-state index contributed by atoms with van der Waals surface area (Å²) in [6, 6.07) is 17.4. The van der Waals surface area contributed by atoms with E-state index in [0.717, 1.165) is 31.4 Å². The van der Waals surface area contributed by atoms with Gasteiger partial charge in [0.1, 0.15) is 11.9 Å². The van der Waals surface area contributed by atoms with Gasteiger partial charge in [-0.25, -0.2) is 0 Å². The van der Waals surface area contributed by atoms with Crippen LogP contribution in [0.2, 0.25) is 0 Å². The van der Waals surface area contributed by atoms with E-state index in [-0.39, 0.29) is 0 Å². The first kappa shape index (κ1) is 21.0. The van der Waals surface area contributed by atoms with Crippen molar-refractivity contribution in [1.82, 2.24) is 5.32 Å². The summed E-state index contributed by atoms with van der Waals surface area (Å²) in [6.45, 7) is 2.29. The Hall–Kier alpha value is -2.27. The third-order valence-electron chi connectivity index (χ3n) is 4.52. The highest BCUT2D eigenvalue weighted by Crippen LogP contribution is 2.30. The minimum absolute atomic E-state index is 0.311. The molecule has 0 saturated carbocycles. The zero-order valence-electron chi connectivity index (χ0n) is 15.9. The van der Waals surface area contributed by atoms with E-state index in [1.54, 1.807) is 5.32 Å². The minimum atomic E-state index is 0.311. The molecule has 144 valence electrons. The molecular weight excluding hydrogens is 358 g/mol. The molecule has 2 amide bonds. The molecule has 27 heavy (non-hydrogen) atoms. The maximum atomic E-state index is 9.06. The molecule has 1 aliphatic rings. The predicted octanol–water partition coefficient (Wildman–Crippen LogP) is 3.81. The molecule has 0 aromatic heterocycles. The quantitative estimate of drug-likeness (QED) is 0.737.